The van der Waals surface area contributed by atoms with Crippen LogP contribution in [0.15, 0.2) is 48.5 Å². The van der Waals surface area contributed by atoms with Gasteiger partial charge in [0.15, 0.2) is 3.95 Å². The van der Waals surface area contributed by atoms with Crippen LogP contribution in [0, 0.1) is 3.95 Å². The molecule has 0 saturated heterocycles. The molecule has 1 nitrogen and oxygen atoms in total. The first-order valence-electron chi connectivity index (χ1n) is 5.02. The Labute approximate surface area is 102 Å². The molecule has 0 amide bonds. The average Bonchev–Trinajstić information content (AvgIpc) is 2.70. The summed E-state index contributed by atoms with van der Waals surface area (Å²) in [4.78, 5) is 3.20. The van der Waals surface area contributed by atoms with Crippen molar-refractivity contribution in [1.29, 1.82) is 0 Å². The Morgan fingerprint density at radius 2 is 1.75 bits per heavy atom. The zero-order valence-corrected chi connectivity index (χ0v) is 10.1. The highest BCUT2D eigenvalue weighted by Crippen LogP contribution is 2.31. The van der Waals surface area contributed by atoms with E-state index in [-0.39, 0.29) is 0 Å². The third-order valence-electron chi connectivity index (χ3n) is 2.53. The summed E-state index contributed by atoms with van der Waals surface area (Å²) in [6.45, 7) is 0. The molecular weight excluding hydrogens is 234 g/mol. The maximum atomic E-state index is 5.19. The second-order valence-corrected chi connectivity index (χ2v) is 5.25. The lowest BCUT2D eigenvalue weighted by Gasteiger charge is -2.01. The molecule has 0 unspecified atom stereocenters. The monoisotopic (exact) mass is 243 g/mol. The van der Waals surface area contributed by atoms with Crippen LogP contribution in [0.25, 0.3) is 21.3 Å². The van der Waals surface area contributed by atoms with Crippen LogP contribution < -0.4 is 0 Å². The van der Waals surface area contributed by atoms with Gasteiger partial charge in [-0.25, -0.2) is 0 Å². The summed E-state index contributed by atoms with van der Waals surface area (Å²) in [6.07, 6.45) is 0. The summed E-state index contributed by atoms with van der Waals surface area (Å²) < 4.78 is 2.07. The Hall–Kier alpha value is -1.45. The fourth-order valence-corrected chi connectivity index (χ4v) is 3.05. The molecule has 0 aliphatic carbocycles. The number of hydrogen-bond acceptors (Lipinski definition) is 2. The number of fused-ring (bicyclic) bond motifs is 1. The van der Waals surface area contributed by atoms with Crippen LogP contribution in [0.3, 0.4) is 0 Å². The van der Waals surface area contributed by atoms with Crippen molar-refractivity contribution in [2.75, 3.05) is 0 Å². The van der Waals surface area contributed by atoms with Gasteiger partial charge in [0.05, 0.1) is 10.2 Å². The molecule has 0 bridgehead atoms. The highest BCUT2D eigenvalue weighted by molar-refractivity contribution is 7.73. The number of H-pyrrole nitrogens is 1. The minimum atomic E-state index is 0.832. The first kappa shape index (κ1) is 9.75. The van der Waals surface area contributed by atoms with E-state index in [1.165, 1.54) is 15.8 Å². The van der Waals surface area contributed by atoms with E-state index in [2.05, 4.69) is 47.4 Å². The number of rotatable bonds is 1. The van der Waals surface area contributed by atoms with Crippen LogP contribution in [0.5, 0.6) is 0 Å². The molecule has 1 heterocycles. The van der Waals surface area contributed by atoms with E-state index in [1.54, 1.807) is 11.3 Å². The maximum absolute atomic E-state index is 5.19. The Kier molecular flexibility index (Phi) is 2.35. The number of benzene rings is 2. The molecule has 0 aliphatic heterocycles. The molecule has 0 fully saturated rings. The Morgan fingerprint density at radius 3 is 2.56 bits per heavy atom. The van der Waals surface area contributed by atoms with Gasteiger partial charge in [-0.05, 0) is 23.8 Å². The highest BCUT2D eigenvalue weighted by Gasteiger charge is 2.04. The predicted octanol–water partition coefficient (Wildman–Crippen LogP) is 4.63. The molecular formula is C13H9NS2. The van der Waals surface area contributed by atoms with Crippen LogP contribution in [0.2, 0.25) is 0 Å². The molecule has 0 aliphatic rings. The van der Waals surface area contributed by atoms with E-state index in [9.17, 15) is 0 Å². The van der Waals surface area contributed by atoms with E-state index in [0.717, 1.165) is 9.47 Å². The summed E-state index contributed by atoms with van der Waals surface area (Å²) in [6, 6.07) is 16.6. The topological polar surface area (TPSA) is 15.8 Å². The van der Waals surface area contributed by atoms with E-state index in [0.29, 0.717) is 0 Å². The van der Waals surface area contributed by atoms with Gasteiger partial charge in [0.2, 0.25) is 0 Å². The van der Waals surface area contributed by atoms with Crippen LogP contribution in [0.1, 0.15) is 0 Å². The van der Waals surface area contributed by atoms with Gasteiger partial charge < -0.3 is 4.98 Å². The standard InChI is InChI=1S/C13H9NS2/c15-13-14-11-8-4-7-10(12(11)16-13)9-5-2-1-3-6-9/h1-8H,(H,14,15). The van der Waals surface area contributed by atoms with Crippen LogP contribution in [-0.2, 0) is 0 Å². The van der Waals surface area contributed by atoms with Gasteiger partial charge in [-0.1, -0.05) is 42.5 Å². The van der Waals surface area contributed by atoms with Crippen molar-refractivity contribution in [1.82, 2.24) is 4.98 Å². The predicted molar refractivity (Wildman–Crippen MR) is 72.4 cm³/mol. The van der Waals surface area contributed by atoms with Crippen LogP contribution in [-0.4, -0.2) is 4.98 Å². The van der Waals surface area contributed by atoms with E-state index in [4.69, 9.17) is 12.2 Å². The number of aromatic amines is 1. The molecule has 1 aromatic heterocycles. The van der Waals surface area contributed by atoms with Gasteiger partial charge in [-0.2, -0.15) is 0 Å². The fraction of sp³-hybridized carbons (Fsp3) is 0. The van der Waals surface area contributed by atoms with Gasteiger partial charge in [-0.3, -0.25) is 0 Å². The third kappa shape index (κ3) is 1.58. The fourth-order valence-electron chi connectivity index (χ4n) is 1.82. The lowest BCUT2D eigenvalue weighted by molar-refractivity contribution is 1.47. The second kappa shape index (κ2) is 3.85. The van der Waals surface area contributed by atoms with Gasteiger partial charge in [-0.15, -0.1) is 11.3 Å². The Bertz CT molecular complexity index is 680. The SMILES string of the molecule is S=c1[nH]c2cccc(-c3ccccc3)c2s1. The summed E-state index contributed by atoms with van der Waals surface area (Å²) >= 11 is 6.82. The highest BCUT2D eigenvalue weighted by atomic mass is 32.1. The van der Waals surface area contributed by atoms with Gasteiger partial charge in [0, 0.05) is 5.56 Å². The molecule has 0 spiro atoms. The zero-order valence-electron chi connectivity index (χ0n) is 8.44. The maximum Gasteiger partial charge on any atom is 0.159 e. The van der Waals surface area contributed by atoms with Gasteiger partial charge in [0.1, 0.15) is 0 Å². The average molecular weight is 243 g/mol. The molecule has 3 heteroatoms. The molecule has 16 heavy (non-hydrogen) atoms. The van der Waals surface area contributed by atoms with E-state index in [1.807, 2.05) is 6.07 Å². The van der Waals surface area contributed by atoms with Crippen LogP contribution in [0.4, 0.5) is 0 Å². The third-order valence-corrected chi connectivity index (χ3v) is 3.81. The molecule has 0 saturated carbocycles. The second-order valence-electron chi connectivity index (χ2n) is 3.56. The van der Waals surface area contributed by atoms with Crippen molar-refractivity contribution in [3.05, 3.63) is 52.5 Å². The van der Waals surface area contributed by atoms with Crippen molar-refractivity contribution >= 4 is 33.8 Å². The van der Waals surface area contributed by atoms with Crippen molar-refractivity contribution in [2.24, 2.45) is 0 Å². The molecule has 0 radical (unpaired) electrons. The minimum absolute atomic E-state index is 0.832. The smallest absolute Gasteiger partial charge is 0.159 e. The molecule has 0 atom stereocenters. The minimum Gasteiger partial charge on any atom is -0.337 e. The summed E-state index contributed by atoms with van der Waals surface area (Å²) in [5, 5.41) is 0. The summed E-state index contributed by atoms with van der Waals surface area (Å²) in [7, 11) is 0. The molecule has 78 valence electrons. The van der Waals surface area contributed by atoms with E-state index < -0.39 is 0 Å². The largest absolute Gasteiger partial charge is 0.337 e. The van der Waals surface area contributed by atoms with Crippen LogP contribution >= 0.6 is 23.6 Å². The first-order valence-corrected chi connectivity index (χ1v) is 6.24. The number of nitrogens with one attached hydrogen (secondary N) is 1. The summed E-state index contributed by atoms with van der Waals surface area (Å²) in [5.41, 5.74) is 3.60. The van der Waals surface area contributed by atoms with Crippen molar-refractivity contribution in [3.63, 3.8) is 0 Å². The lowest BCUT2D eigenvalue weighted by atomic mass is 10.1. The molecule has 2 aromatic carbocycles. The number of hydrogen-bond donors (Lipinski definition) is 1. The van der Waals surface area contributed by atoms with Crippen molar-refractivity contribution in [3.8, 4) is 11.1 Å². The zero-order chi connectivity index (χ0) is 11.0. The lowest BCUT2D eigenvalue weighted by Crippen LogP contribution is -1.77. The first-order chi connectivity index (χ1) is 7.84. The summed E-state index contributed by atoms with van der Waals surface area (Å²) in [5.74, 6) is 0. The molecule has 3 rings (SSSR count). The normalized spacial score (nSPS) is 10.8. The van der Waals surface area contributed by atoms with E-state index >= 15 is 0 Å². The number of aromatic nitrogens is 1. The number of thiazole rings is 1. The quantitative estimate of drug-likeness (QED) is 0.616. The van der Waals surface area contributed by atoms with Gasteiger partial charge in [0.25, 0.3) is 0 Å². The Balaban J connectivity index is 2.36. The Morgan fingerprint density at radius 1 is 0.938 bits per heavy atom. The van der Waals surface area contributed by atoms with Crippen molar-refractivity contribution < 1.29 is 0 Å². The molecule has 3 aromatic rings. The van der Waals surface area contributed by atoms with Gasteiger partial charge >= 0.3 is 0 Å². The molecule has 1 N–H and O–H groups in total. The van der Waals surface area contributed by atoms with Crippen molar-refractivity contribution in [2.45, 2.75) is 0 Å².